The van der Waals surface area contributed by atoms with E-state index in [4.69, 9.17) is 9.47 Å². The topological polar surface area (TPSA) is 73.7 Å². The summed E-state index contributed by atoms with van der Waals surface area (Å²) in [5.74, 6) is 0.844. The van der Waals surface area contributed by atoms with Crippen molar-refractivity contribution >= 4 is 11.7 Å². The van der Waals surface area contributed by atoms with Gasteiger partial charge in [-0.05, 0) is 31.0 Å². The maximum Gasteiger partial charge on any atom is 0.261 e. The molecule has 0 bridgehead atoms. The van der Waals surface area contributed by atoms with Crippen molar-refractivity contribution in [2.24, 2.45) is 13.0 Å². The maximum absolute atomic E-state index is 13.0. The Kier molecular flexibility index (Phi) is 5.25. The molecule has 26 heavy (non-hydrogen) atoms. The maximum atomic E-state index is 13.0. The second-order valence-electron chi connectivity index (χ2n) is 6.31. The molecule has 0 atom stereocenters. The van der Waals surface area contributed by atoms with Crippen LogP contribution < -0.4 is 9.47 Å². The largest absolute Gasteiger partial charge is 0.496 e. The van der Waals surface area contributed by atoms with E-state index in [9.17, 15) is 9.59 Å². The summed E-state index contributed by atoms with van der Waals surface area (Å²) < 4.78 is 12.3. The molecular weight excluding hydrogens is 334 g/mol. The molecule has 138 valence electrons. The molecule has 0 saturated carbocycles. The molecule has 1 amide bonds. The molecule has 2 heterocycles. The number of Topliss-reactive ketones (excluding diaryl/α,β-unsaturated/α-hetero) is 1. The summed E-state index contributed by atoms with van der Waals surface area (Å²) in [7, 11) is 4.83. The molecule has 0 radical (unpaired) electrons. The van der Waals surface area contributed by atoms with Crippen molar-refractivity contribution in [1.82, 2.24) is 14.7 Å². The average Bonchev–Trinajstić information content (AvgIpc) is 3.12. The van der Waals surface area contributed by atoms with Gasteiger partial charge in [-0.1, -0.05) is 6.07 Å². The van der Waals surface area contributed by atoms with E-state index in [-0.39, 0.29) is 17.6 Å². The van der Waals surface area contributed by atoms with Crippen LogP contribution in [0.5, 0.6) is 11.5 Å². The van der Waals surface area contributed by atoms with Crippen LogP contribution in [0.1, 0.15) is 33.7 Å². The van der Waals surface area contributed by atoms with Gasteiger partial charge in [0.15, 0.2) is 5.78 Å². The number of hydrogen-bond donors (Lipinski definition) is 0. The molecule has 7 nitrogen and oxygen atoms in total. The van der Waals surface area contributed by atoms with E-state index in [1.165, 1.54) is 14.2 Å². The molecule has 2 aromatic rings. The molecule has 0 unspecified atom stereocenters. The number of carbonyl (C=O) groups is 2. The van der Waals surface area contributed by atoms with Gasteiger partial charge in [0.05, 0.1) is 14.2 Å². The smallest absolute Gasteiger partial charge is 0.261 e. The lowest BCUT2D eigenvalue weighted by molar-refractivity contribution is 0.0642. The molecule has 0 spiro atoms. The fourth-order valence-corrected chi connectivity index (χ4v) is 3.39. The first-order chi connectivity index (χ1) is 12.6. The molecule has 7 heteroatoms. The summed E-state index contributed by atoms with van der Waals surface area (Å²) >= 11 is 0. The van der Waals surface area contributed by atoms with Crippen LogP contribution in [0.4, 0.5) is 0 Å². The van der Waals surface area contributed by atoms with Crippen molar-refractivity contribution in [1.29, 1.82) is 0 Å². The molecule has 0 aliphatic carbocycles. The van der Waals surface area contributed by atoms with Crippen molar-refractivity contribution in [3.8, 4) is 11.5 Å². The Morgan fingerprint density at radius 2 is 1.69 bits per heavy atom. The summed E-state index contributed by atoms with van der Waals surface area (Å²) in [4.78, 5) is 27.4. The van der Waals surface area contributed by atoms with E-state index in [1.54, 1.807) is 47.1 Å². The first kappa shape index (κ1) is 18.0. The predicted octanol–water partition coefficient (Wildman–Crippen LogP) is 2.17. The number of amides is 1. The number of benzene rings is 1. The summed E-state index contributed by atoms with van der Waals surface area (Å²) in [6, 6.07) is 7.01. The number of aromatic nitrogens is 2. The summed E-state index contributed by atoms with van der Waals surface area (Å²) in [5.41, 5.74) is 1.04. The number of ether oxygens (including phenoxy) is 2. The van der Waals surface area contributed by atoms with Crippen LogP contribution in [-0.2, 0) is 7.05 Å². The number of piperidine rings is 1. The SMILES string of the molecule is COc1cccc(OC)c1C(=O)N1CCC(C(=O)c2ccnn2C)CC1. The number of rotatable bonds is 5. The highest BCUT2D eigenvalue weighted by Crippen LogP contribution is 2.31. The van der Waals surface area contributed by atoms with E-state index >= 15 is 0 Å². The molecule has 1 fully saturated rings. The monoisotopic (exact) mass is 357 g/mol. The van der Waals surface area contributed by atoms with Gasteiger partial charge in [-0.3, -0.25) is 14.3 Å². The molecule has 1 aromatic heterocycles. The van der Waals surface area contributed by atoms with Crippen LogP contribution in [0.2, 0.25) is 0 Å². The van der Waals surface area contributed by atoms with Gasteiger partial charge in [0.2, 0.25) is 0 Å². The van der Waals surface area contributed by atoms with Gasteiger partial charge in [0.25, 0.3) is 5.91 Å². The number of methoxy groups -OCH3 is 2. The van der Waals surface area contributed by atoms with E-state index in [0.717, 1.165) is 0 Å². The second-order valence-corrected chi connectivity index (χ2v) is 6.31. The fraction of sp³-hybridized carbons (Fsp3) is 0.421. The molecule has 0 N–H and O–H groups in total. The Hall–Kier alpha value is -2.83. The van der Waals surface area contributed by atoms with Gasteiger partial charge in [0.1, 0.15) is 22.8 Å². The fourth-order valence-electron chi connectivity index (χ4n) is 3.39. The summed E-state index contributed by atoms with van der Waals surface area (Å²) in [5, 5.41) is 4.06. The average molecular weight is 357 g/mol. The van der Waals surface area contributed by atoms with Gasteiger partial charge >= 0.3 is 0 Å². The number of carbonyl (C=O) groups excluding carboxylic acids is 2. The van der Waals surface area contributed by atoms with Crippen molar-refractivity contribution in [3.05, 3.63) is 41.7 Å². The predicted molar refractivity (Wildman–Crippen MR) is 95.7 cm³/mol. The van der Waals surface area contributed by atoms with Gasteiger partial charge in [0, 0.05) is 32.3 Å². The minimum absolute atomic E-state index is 0.0889. The molecule has 1 aliphatic heterocycles. The number of likely N-dealkylation sites (tertiary alicyclic amines) is 1. The Labute approximate surface area is 152 Å². The highest BCUT2D eigenvalue weighted by Gasteiger charge is 2.31. The molecular formula is C19H23N3O4. The van der Waals surface area contributed by atoms with Crippen LogP contribution >= 0.6 is 0 Å². The first-order valence-electron chi connectivity index (χ1n) is 8.59. The first-order valence-corrected chi connectivity index (χ1v) is 8.59. The third-order valence-electron chi connectivity index (χ3n) is 4.87. The van der Waals surface area contributed by atoms with Gasteiger partial charge in [-0.2, -0.15) is 5.10 Å². The van der Waals surface area contributed by atoms with E-state index in [2.05, 4.69) is 5.10 Å². The highest BCUT2D eigenvalue weighted by molar-refractivity contribution is 6.00. The quantitative estimate of drug-likeness (QED) is 0.767. The van der Waals surface area contributed by atoms with Gasteiger partial charge in [-0.25, -0.2) is 0 Å². The van der Waals surface area contributed by atoms with E-state index in [0.29, 0.717) is 48.7 Å². The number of nitrogens with zero attached hydrogens (tertiary/aromatic N) is 3. The lowest BCUT2D eigenvalue weighted by Gasteiger charge is -2.32. The van der Waals surface area contributed by atoms with Crippen molar-refractivity contribution in [2.45, 2.75) is 12.8 Å². The summed E-state index contributed by atoms with van der Waals surface area (Å²) in [6.07, 6.45) is 2.89. The minimum Gasteiger partial charge on any atom is -0.496 e. The van der Waals surface area contributed by atoms with Crippen LogP contribution in [-0.4, -0.2) is 53.7 Å². The zero-order valence-electron chi connectivity index (χ0n) is 15.3. The molecule has 1 aromatic carbocycles. The lowest BCUT2D eigenvalue weighted by Crippen LogP contribution is -2.40. The normalized spacial score (nSPS) is 15.0. The third kappa shape index (κ3) is 3.29. The standard InChI is InChI=1S/C19H23N3O4/c1-21-14(7-10-20-21)18(23)13-8-11-22(12-9-13)19(24)17-15(25-2)5-4-6-16(17)26-3/h4-7,10,13H,8-9,11-12H2,1-3H3. The van der Waals surface area contributed by atoms with Gasteiger partial charge < -0.3 is 14.4 Å². The molecule has 3 rings (SSSR count). The second kappa shape index (κ2) is 7.59. The number of ketones is 1. The Morgan fingerprint density at radius 1 is 1.08 bits per heavy atom. The van der Waals surface area contributed by atoms with E-state index in [1.807, 2.05) is 0 Å². The molecule has 1 aliphatic rings. The van der Waals surface area contributed by atoms with Gasteiger partial charge in [-0.15, -0.1) is 0 Å². The Morgan fingerprint density at radius 3 is 2.19 bits per heavy atom. The van der Waals surface area contributed by atoms with Crippen molar-refractivity contribution in [2.75, 3.05) is 27.3 Å². The van der Waals surface area contributed by atoms with Crippen LogP contribution in [0.3, 0.4) is 0 Å². The van der Waals surface area contributed by atoms with Crippen LogP contribution in [0.25, 0.3) is 0 Å². The Balaban J connectivity index is 1.72. The lowest BCUT2D eigenvalue weighted by atomic mass is 9.90. The minimum atomic E-state index is -0.134. The van der Waals surface area contributed by atoms with Crippen molar-refractivity contribution in [3.63, 3.8) is 0 Å². The van der Waals surface area contributed by atoms with E-state index < -0.39 is 0 Å². The number of aryl methyl sites for hydroxylation is 1. The Bertz CT molecular complexity index is 785. The molecule has 1 saturated heterocycles. The van der Waals surface area contributed by atoms with Crippen LogP contribution in [0.15, 0.2) is 30.5 Å². The van der Waals surface area contributed by atoms with Crippen molar-refractivity contribution < 1.29 is 19.1 Å². The summed E-state index contributed by atoms with van der Waals surface area (Å²) in [6.45, 7) is 1.04. The highest BCUT2D eigenvalue weighted by atomic mass is 16.5. The zero-order valence-corrected chi connectivity index (χ0v) is 15.3. The van der Waals surface area contributed by atoms with Crippen LogP contribution in [0, 0.1) is 5.92 Å². The zero-order chi connectivity index (χ0) is 18.7. The third-order valence-corrected chi connectivity index (χ3v) is 4.87. The number of hydrogen-bond acceptors (Lipinski definition) is 5.